The number of carbonyl (C=O) groups excluding carboxylic acids is 1. The number of fused-ring (bicyclic) bond motifs is 2. The maximum atomic E-state index is 13.4. The third kappa shape index (κ3) is 9.65. The van der Waals surface area contributed by atoms with Crippen LogP contribution in [0.15, 0.2) is 156 Å². The van der Waals surface area contributed by atoms with Crippen LogP contribution >= 0.6 is 35.6 Å². The van der Waals surface area contributed by atoms with Crippen molar-refractivity contribution in [2.45, 2.75) is 49.3 Å². The third-order valence-corrected chi connectivity index (χ3v) is 13.3. The molecule has 0 aliphatic carbocycles. The van der Waals surface area contributed by atoms with Crippen molar-refractivity contribution in [1.29, 1.82) is 0 Å². The Hall–Kier alpha value is -5.74. The van der Waals surface area contributed by atoms with Crippen LogP contribution < -0.4 is 11.1 Å². The molecular formula is C45H41Cl3N6O6S2. The summed E-state index contributed by atoms with van der Waals surface area (Å²) in [5.74, 6) is 0. The van der Waals surface area contributed by atoms with E-state index >= 15 is 0 Å². The van der Waals surface area contributed by atoms with Gasteiger partial charge in [-0.3, -0.25) is 0 Å². The lowest BCUT2D eigenvalue weighted by Gasteiger charge is -2.19. The van der Waals surface area contributed by atoms with E-state index in [0.29, 0.717) is 44.1 Å². The molecule has 0 aliphatic rings. The zero-order chi connectivity index (χ0) is 43.5. The topological polar surface area (TPSA) is 168 Å². The number of ether oxygens (including phenoxy) is 1. The number of aromatic nitrogens is 4. The van der Waals surface area contributed by atoms with E-state index in [1.165, 1.54) is 34.7 Å². The smallest absolute Gasteiger partial charge is 0.407 e. The molecule has 17 heteroatoms. The van der Waals surface area contributed by atoms with Gasteiger partial charge in [0, 0.05) is 59.8 Å². The molecule has 0 unspecified atom stereocenters. The predicted molar refractivity (Wildman–Crippen MR) is 247 cm³/mol. The zero-order valence-electron chi connectivity index (χ0n) is 33.6. The Kier molecular flexibility index (Phi) is 13.8. The summed E-state index contributed by atoms with van der Waals surface area (Å²) in [4.78, 5) is 21.0. The van der Waals surface area contributed by atoms with Gasteiger partial charge >= 0.3 is 6.09 Å². The summed E-state index contributed by atoms with van der Waals surface area (Å²) < 4.78 is 60.8. The van der Waals surface area contributed by atoms with Crippen molar-refractivity contribution in [2.75, 3.05) is 0 Å². The number of alkyl carbamates (subject to hydrolysis) is 1. The lowest BCUT2D eigenvalue weighted by molar-refractivity contribution is 0.0523. The number of rotatable bonds is 9. The van der Waals surface area contributed by atoms with Crippen LogP contribution in [-0.2, 0) is 37.9 Å². The van der Waals surface area contributed by atoms with Gasteiger partial charge in [0.25, 0.3) is 20.0 Å². The lowest BCUT2D eigenvalue weighted by atomic mass is 10.0. The van der Waals surface area contributed by atoms with Crippen LogP contribution in [0.4, 0.5) is 4.79 Å². The van der Waals surface area contributed by atoms with E-state index in [1.54, 1.807) is 87.6 Å². The van der Waals surface area contributed by atoms with Crippen LogP contribution in [0.2, 0.25) is 10.0 Å². The summed E-state index contributed by atoms with van der Waals surface area (Å²) in [5.41, 5.74) is 10.3. The Morgan fingerprint density at radius 2 is 1.10 bits per heavy atom. The lowest BCUT2D eigenvalue weighted by Crippen LogP contribution is -2.32. The van der Waals surface area contributed by atoms with Crippen LogP contribution in [0.25, 0.3) is 44.3 Å². The molecule has 0 fully saturated rings. The summed E-state index contributed by atoms with van der Waals surface area (Å²) in [6.07, 6.45) is 5.57. The minimum atomic E-state index is -3.90. The van der Waals surface area contributed by atoms with E-state index < -0.39 is 31.7 Å². The highest BCUT2D eigenvalue weighted by molar-refractivity contribution is 7.90. The number of amides is 1. The molecule has 0 saturated heterocycles. The van der Waals surface area contributed by atoms with Crippen LogP contribution in [0.3, 0.4) is 0 Å². The van der Waals surface area contributed by atoms with E-state index in [4.69, 9.17) is 33.7 Å². The minimum Gasteiger partial charge on any atom is -0.444 e. The van der Waals surface area contributed by atoms with E-state index in [9.17, 15) is 21.6 Å². The highest BCUT2D eigenvalue weighted by atomic mass is 35.5. The van der Waals surface area contributed by atoms with Crippen molar-refractivity contribution in [1.82, 2.24) is 23.2 Å². The number of benzene rings is 4. The normalized spacial score (nSPS) is 11.7. The van der Waals surface area contributed by atoms with Gasteiger partial charge < -0.3 is 15.8 Å². The monoisotopic (exact) mass is 930 g/mol. The second-order valence-corrected chi connectivity index (χ2v) is 19.2. The van der Waals surface area contributed by atoms with Gasteiger partial charge in [-0.1, -0.05) is 96.0 Å². The van der Waals surface area contributed by atoms with Crippen molar-refractivity contribution >= 4 is 83.8 Å². The van der Waals surface area contributed by atoms with Gasteiger partial charge in [0.05, 0.1) is 19.8 Å². The Morgan fingerprint density at radius 1 is 0.661 bits per heavy atom. The average molecular weight is 932 g/mol. The molecule has 320 valence electrons. The van der Waals surface area contributed by atoms with Crippen molar-refractivity contribution in [3.8, 4) is 22.3 Å². The van der Waals surface area contributed by atoms with E-state index in [2.05, 4.69) is 15.3 Å². The number of hydrogen-bond acceptors (Lipinski definition) is 9. The first-order valence-corrected chi connectivity index (χ1v) is 22.5. The van der Waals surface area contributed by atoms with Crippen molar-refractivity contribution in [2.24, 2.45) is 5.73 Å². The van der Waals surface area contributed by atoms with E-state index in [-0.39, 0.29) is 34.4 Å². The SMILES string of the molecule is CC(C)(C)OC(=O)NCc1cccc(-c2cn(S(=O)(=O)c3ccccc3)c3nccc(Cl)c23)c1.Cl.NCc1cccc(-c2cn(S(=O)(=O)c3ccccc3)c3nccc(Cl)c23)c1. The highest BCUT2D eigenvalue weighted by Crippen LogP contribution is 2.38. The Morgan fingerprint density at radius 3 is 1.53 bits per heavy atom. The second kappa shape index (κ2) is 18.7. The Balaban J connectivity index is 0.000000209. The molecule has 8 rings (SSSR count). The van der Waals surface area contributed by atoms with Crippen LogP contribution in [0.5, 0.6) is 0 Å². The van der Waals surface area contributed by atoms with Crippen molar-refractivity contribution in [3.63, 3.8) is 0 Å². The number of nitrogens with zero attached hydrogens (tertiary/aromatic N) is 4. The fourth-order valence-electron chi connectivity index (χ4n) is 6.59. The molecule has 4 aromatic heterocycles. The number of nitrogens with one attached hydrogen (secondary N) is 1. The summed E-state index contributed by atoms with van der Waals surface area (Å²) in [5, 5.41) is 4.68. The molecule has 4 aromatic carbocycles. The average Bonchev–Trinajstić information content (AvgIpc) is 3.86. The second-order valence-electron chi connectivity index (χ2n) is 14.8. The van der Waals surface area contributed by atoms with E-state index in [0.717, 1.165) is 26.2 Å². The van der Waals surface area contributed by atoms with Crippen LogP contribution in [-0.4, -0.2) is 46.4 Å². The molecule has 0 bridgehead atoms. The number of hydrogen-bond donors (Lipinski definition) is 2. The molecule has 4 heterocycles. The summed E-state index contributed by atoms with van der Waals surface area (Å²) >= 11 is 12.9. The first-order valence-electron chi connectivity index (χ1n) is 18.9. The van der Waals surface area contributed by atoms with Crippen molar-refractivity contribution < 1.29 is 26.4 Å². The van der Waals surface area contributed by atoms with Gasteiger partial charge in [-0.05, 0) is 91.6 Å². The molecule has 0 saturated carbocycles. The maximum Gasteiger partial charge on any atom is 0.407 e. The minimum absolute atomic E-state index is 0. The standard InChI is InChI=1S/C25H24ClN3O4S.C20H16ClN3O2S.ClH/c1-25(2,3)33-24(30)28-15-17-8-7-9-18(14-17)20-16-29(23-22(20)21(26)12-13-27-23)34(31,32)19-10-5-4-6-11-19;21-18-9-10-23-20-19(18)17(15-6-4-5-14(11-15)12-22)13-24(20)27(25,26)16-7-2-1-3-8-16;/h4-14,16H,15H2,1-3H3,(H,28,30);1-11,13H,12,22H2;1H. The highest BCUT2D eigenvalue weighted by Gasteiger charge is 2.26. The Labute approximate surface area is 375 Å². The number of halogens is 3. The van der Waals surface area contributed by atoms with Gasteiger partial charge in [-0.2, -0.15) is 0 Å². The summed E-state index contributed by atoms with van der Waals surface area (Å²) in [6, 6.07) is 34.7. The fourth-order valence-corrected chi connectivity index (χ4v) is 9.76. The van der Waals surface area contributed by atoms with E-state index in [1.807, 2.05) is 48.5 Å². The largest absolute Gasteiger partial charge is 0.444 e. The van der Waals surface area contributed by atoms with Gasteiger partial charge in [-0.25, -0.2) is 39.5 Å². The fraction of sp³-hybridized carbons (Fsp3) is 0.133. The molecule has 8 aromatic rings. The molecule has 0 atom stereocenters. The van der Waals surface area contributed by atoms with Crippen LogP contribution in [0.1, 0.15) is 31.9 Å². The van der Waals surface area contributed by atoms with Crippen molar-refractivity contribution in [3.05, 3.63) is 167 Å². The molecular weight excluding hydrogens is 891 g/mol. The number of carbonyl (C=O) groups is 1. The van der Waals surface area contributed by atoms with Crippen LogP contribution in [0, 0.1) is 0 Å². The van der Waals surface area contributed by atoms with Gasteiger partial charge in [0.1, 0.15) is 5.60 Å². The maximum absolute atomic E-state index is 13.4. The molecule has 1 amide bonds. The molecule has 62 heavy (non-hydrogen) atoms. The summed E-state index contributed by atoms with van der Waals surface area (Å²) in [6.45, 7) is 6.02. The van der Waals surface area contributed by atoms with Gasteiger partial charge in [0.15, 0.2) is 11.3 Å². The van der Waals surface area contributed by atoms with Gasteiger partial charge in [-0.15, -0.1) is 12.4 Å². The summed E-state index contributed by atoms with van der Waals surface area (Å²) in [7, 11) is -7.71. The number of pyridine rings is 2. The quantitative estimate of drug-likeness (QED) is 0.143. The first kappa shape index (κ1) is 45.8. The predicted octanol–water partition coefficient (Wildman–Crippen LogP) is 10.1. The first-order chi connectivity index (χ1) is 29.1. The molecule has 0 spiro atoms. The van der Waals surface area contributed by atoms with Gasteiger partial charge in [0.2, 0.25) is 0 Å². The molecule has 3 N–H and O–H groups in total. The Bertz CT molecular complexity index is 3120. The number of nitrogens with two attached hydrogens (primary N) is 1. The zero-order valence-corrected chi connectivity index (χ0v) is 37.5. The molecule has 0 radical (unpaired) electrons. The molecule has 0 aliphatic heterocycles. The third-order valence-electron chi connectivity index (χ3n) is 9.36. The molecule has 12 nitrogen and oxygen atoms in total.